The minimum Gasteiger partial charge on any atom is -0.434 e. The lowest BCUT2D eigenvalue weighted by atomic mass is 10.2. The molecule has 1 aliphatic rings. The third kappa shape index (κ3) is 5.51. The zero-order valence-electron chi connectivity index (χ0n) is 14.8. The summed E-state index contributed by atoms with van der Waals surface area (Å²) >= 11 is 0. The predicted octanol–water partition coefficient (Wildman–Crippen LogP) is 3.61. The zero-order chi connectivity index (χ0) is 19.1. The Bertz CT molecular complexity index is 788. The molecule has 0 aliphatic carbocycles. The van der Waals surface area contributed by atoms with E-state index < -0.39 is 6.61 Å². The van der Waals surface area contributed by atoms with Crippen LogP contribution in [0.4, 0.5) is 14.6 Å². The van der Waals surface area contributed by atoms with Crippen LogP contribution >= 0.6 is 0 Å². The average molecular weight is 373 g/mol. The van der Waals surface area contributed by atoms with E-state index in [1.165, 1.54) is 31.1 Å². The molecule has 142 valence electrons. The largest absolute Gasteiger partial charge is 0.434 e. The normalized spacial score (nSPS) is 14.1. The number of alkyl halides is 2. The zero-order valence-corrected chi connectivity index (χ0v) is 14.8. The van der Waals surface area contributed by atoms with Crippen LogP contribution < -0.4 is 15.0 Å². The molecule has 27 heavy (non-hydrogen) atoms. The van der Waals surface area contributed by atoms with Crippen molar-refractivity contribution >= 4 is 17.8 Å². The standard InChI is InChI=1S/C20H21F2N3O2/c21-20(22)27-17-6-2-1-5-16(17)8-10-19(26)24-14-15-7-9-18(23-13-15)25-11-3-4-12-25/h1-2,5-10,13,20H,3-4,11-12,14H2,(H,24,26)/b10-8+. The van der Waals surface area contributed by atoms with Crippen LogP contribution in [0.1, 0.15) is 24.0 Å². The van der Waals surface area contributed by atoms with Crippen molar-refractivity contribution in [3.8, 4) is 5.75 Å². The van der Waals surface area contributed by atoms with Gasteiger partial charge in [0.1, 0.15) is 11.6 Å². The molecule has 2 aromatic rings. The number of pyridine rings is 1. The summed E-state index contributed by atoms with van der Waals surface area (Å²) in [5.74, 6) is 0.654. The molecule has 1 aliphatic heterocycles. The fourth-order valence-corrected chi connectivity index (χ4v) is 2.89. The maximum absolute atomic E-state index is 12.4. The first-order chi connectivity index (χ1) is 13.1. The van der Waals surface area contributed by atoms with Crippen molar-refractivity contribution in [1.29, 1.82) is 0 Å². The van der Waals surface area contributed by atoms with Gasteiger partial charge in [0, 0.05) is 37.5 Å². The van der Waals surface area contributed by atoms with Gasteiger partial charge in [-0.15, -0.1) is 0 Å². The van der Waals surface area contributed by atoms with Crippen LogP contribution in [0, 0.1) is 0 Å². The van der Waals surface area contributed by atoms with Crippen molar-refractivity contribution < 1.29 is 18.3 Å². The number of nitrogens with one attached hydrogen (secondary N) is 1. The van der Waals surface area contributed by atoms with E-state index in [4.69, 9.17) is 0 Å². The third-order valence-corrected chi connectivity index (χ3v) is 4.26. The first-order valence-electron chi connectivity index (χ1n) is 8.81. The Kier molecular flexibility index (Phi) is 6.35. The van der Waals surface area contributed by atoms with Gasteiger partial charge in [0.25, 0.3) is 0 Å². The molecule has 0 bridgehead atoms. The Labute approximate surface area is 156 Å². The van der Waals surface area contributed by atoms with E-state index in [0.29, 0.717) is 12.1 Å². The summed E-state index contributed by atoms with van der Waals surface area (Å²) in [5.41, 5.74) is 1.30. The van der Waals surface area contributed by atoms with Crippen LogP contribution in [0.3, 0.4) is 0 Å². The Morgan fingerprint density at radius 1 is 1.22 bits per heavy atom. The Hall–Kier alpha value is -2.96. The van der Waals surface area contributed by atoms with Crippen LogP contribution in [0.15, 0.2) is 48.7 Å². The molecule has 1 aromatic carbocycles. The van der Waals surface area contributed by atoms with E-state index in [9.17, 15) is 13.6 Å². The van der Waals surface area contributed by atoms with Gasteiger partial charge in [0.2, 0.25) is 5.91 Å². The Balaban J connectivity index is 1.53. The number of aromatic nitrogens is 1. The molecule has 1 amide bonds. The van der Waals surface area contributed by atoms with E-state index in [1.807, 2.05) is 12.1 Å². The van der Waals surface area contributed by atoms with E-state index in [-0.39, 0.29) is 11.7 Å². The van der Waals surface area contributed by atoms with Gasteiger partial charge < -0.3 is 15.0 Å². The fourth-order valence-electron chi connectivity index (χ4n) is 2.89. The second-order valence-corrected chi connectivity index (χ2v) is 6.19. The van der Waals surface area contributed by atoms with Crippen molar-refractivity contribution in [2.45, 2.75) is 26.0 Å². The molecule has 7 heteroatoms. The highest BCUT2D eigenvalue weighted by molar-refractivity contribution is 5.92. The summed E-state index contributed by atoms with van der Waals surface area (Å²) in [4.78, 5) is 18.7. The molecule has 1 aromatic heterocycles. The van der Waals surface area contributed by atoms with E-state index >= 15 is 0 Å². The van der Waals surface area contributed by atoms with Crippen molar-refractivity contribution in [2.24, 2.45) is 0 Å². The van der Waals surface area contributed by atoms with Gasteiger partial charge in [-0.3, -0.25) is 4.79 Å². The van der Waals surface area contributed by atoms with Gasteiger partial charge >= 0.3 is 6.61 Å². The number of para-hydroxylation sites is 1. The van der Waals surface area contributed by atoms with E-state index in [2.05, 4.69) is 19.9 Å². The first-order valence-corrected chi connectivity index (χ1v) is 8.81. The van der Waals surface area contributed by atoms with Crippen molar-refractivity contribution in [3.05, 3.63) is 59.8 Å². The number of amides is 1. The summed E-state index contributed by atoms with van der Waals surface area (Å²) in [7, 11) is 0. The number of anilines is 1. The monoisotopic (exact) mass is 373 g/mol. The van der Waals surface area contributed by atoms with Gasteiger partial charge in [0.15, 0.2) is 0 Å². The van der Waals surface area contributed by atoms with Crippen molar-refractivity contribution in [3.63, 3.8) is 0 Å². The molecule has 0 unspecified atom stereocenters. The van der Waals surface area contributed by atoms with Gasteiger partial charge in [-0.25, -0.2) is 4.98 Å². The highest BCUT2D eigenvalue weighted by Gasteiger charge is 2.13. The van der Waals surface area contributed by atoms with Crippen LogP contribution in [-0.4, -0.2) is 30.6 Å². The van der Waals surface area contributed by atoms with Gasteiger partial charge in [-0.05, 0) is 36.6 Å². The number of rotatable bonds is 7. The molecule has 2 heterocycles. The lowest BCUT2D eigenvalue weighted by Crippen LogP contribution is -2.21. The van der Waals surface area contributed by atoms with E-state index in [1.54, 1.807) is 24.4 Å². The third-order valence-electron chi connectivity index (χ3n) is 4.26. The molecule has 1 fully saturated rings. The van der Waals surface area contributed by atoms with Crippen LogP contribution in [0.25, 0.3) is 6.08 Å². The summed E-state index contributed by atoms with van der Waals surface area (Å²) < 4.78 is 29.2. The quantitative estimate of drug-likeness (QED) is 0.754. The second-order valence-electron chi connectivity index (χ2n) is 6.19. The van der Waals surface area contributed by atoms with Crippen LogP contribution in [-0.2, 0) is 11.3 Å². The molecule has 0 spiro atoms. The topological polar surface area (TPSA) is 54.5 Å². The van der Waals surface area contributed by atoms with E-state index in [0.717, 1.165) is 24.5 Å². The summed E-state index contributed by atoms with van der Waals surface area (Å²) in [6.45, 7) is -0.509. The maximum atomic E-state index is 12.4. The molecular formula is C20H21F2N3O2. The molecule has 5 nitrogen and oxygen atoms in total. The Morgan fingerprint density at radius 3 is 2.70 bits per heavy atom. The Morgan fingerprint density at radius 2 is 2.00 bits per heavy atom. The average Bonchev–Trinajstić information content (AvgIpc) is 3.20. The lowest BCUT2D eigenvalue weighted by molar-refractivity contribution is -0.116. The smallest absolute Gasteiger partial charge is 0.387 e. The van der Waals surface area contributed by atoms with Gasteiger partial charge in [-0.1, -0.05) is 24.3 Å². The second kappa shape index (κ2) is 9.12. The van der Waals surface area contributed by atoms with Crippen LogP contribution in [0.5, 0.6) is 5.75 Å². The highest BCUT2D eigenvalue weighted by atomic mass is 19.3. The molecule has 0 saturated carbocycles. The predicted molar refractivity (Wildman–Crippen MR) is 99.6 cm³/mol. The number of carbonyl (C=O) groups excluding carboxylic acids is 1. The first kappa shape index (κ1) is 18.8. The number of halogens is 2. The number of ether oxygens (including phenoxy) is 1. The minimum atomic E-state index is -2.91. The SMILES string of the molecule is O=C(/C=C/c1ccccc1OC(F)F)NCc1ccc(N2CCCC2)nc1. The fraction of sp³-hybridized carbons (Fsp3) is 0.300. The molecule has 0 atom stereocenters. The number of hydrogen-bond acceptors (Lipinski definition) is 4. The number of hydrogen-bond donors (Lipinski definition) is 1. The molecule has 1 saturated heterocycles. The van der Waals surface area contributed by atoms with Crippen molar-refractivity contribution in [2.75, 3.05) is 18.0 Å². The van der Waals surface area contributed by atoms with Crippen LogP contribution in [0.2, 0.25) is 0 Å². The van der Waals surface area contributed by atoms with Crippen molar-refractivity contribution in [1.82, 2.24) is 10.3 Å². The molecule has 3 rings (SSSR count). The number of carbonyl (C=O) groups is 1. The minimum absolute atomic E-state index is 0.0262. The summed E-state index contributed by atoms with van der Waals surface area (Å²) in [6, 6.07) is 10.2. The number of benzene rings is 1. The van der Waals surface area contributed by atoms with Gasteiger partial charge in [-0.2, -0.15) is 8.78 Å². The summed E-state index contributed by atoms with van der Waals surface area (Å²) in [5, 5.41) is 2.75. The maximum Gasteiger partial charge on any atom is 0.387 e. The summed E-state index contributed by atoms with van der Waals surface area (Å²) in [6.07, 6.45) is 6.87. The number of nitrogens with zero attached hydrogens (tertiary/aromatic N) is 2. The molecular weight excluding hydrogens is 352 g/mol. The molecule has 0 radical (unpaired) electrons. The highest BCUT2D eigenvalue weighted by Crippen LogP contribution is 2.21. The van der Waals surface area contributed by atoms with Gasteiger partial charge in [0.05, 0.1) is 0 Å². The lowest BCUT2D eigenvalue weighted by Gasteiger charge is -2.16. The molecule has 1 N–H and O–H groups in total.